The number of aromatic nitrogens is 2. The Morgan fingerprint density at radius 2 is 2.00 bits per heavy atom. The minimum absolute atomic E-state index is 0.419. The van der Waals surface area contributed by atoms with Crippen LogP contribution in [0.2, 0.25) is 0 Å². The van der Waals surface area contributed by atoms with Crippen molar-refractivity contribution in [3.63, 3.8) is 0 Å². The molecule has 0 aliphatic heterocycles. The van der Waals surface area contributed by atoms with Gasteiger partial charge < -0.3 is 9.30 Å². The van der Waals surface area contributed by atoms with Crippen LogP contribution in [0.15, 0.2) is 18.7 Å². The van der Waals surface area contributed by atoms with Crippen molar-refractivity contribution in [3.05, 3.63) is 18.7 Å². The summed E-state index contributed by atoms with van der Waals surface area (Å²) in [4.78, 5) is 4.07. The van der Waals surface area contributed by atoms with E-state index in [4.69, 9.17) is 4.74 Å². The number of imidazole rings is 1. The highest BCUT2D eigenvalue weighted by molar-refractivity contribution is 4.74. The van der Waals surface area contributed by atoms with Crippen LogP contribution in [0.3, 0.4) is 0 Å². The van der Waals surface area contributed by atoms with Gasteiger partial charge in [-0.3, -0.25) is 0 Å². The normalized spacial score (nSPS) is 13.7. The Labute approximate surface area is 118 Å². The van der Waals surface area contributed by atoms with E-state index in [1.54, 1.807) is 7.11 Å². The van der Waals surface area contributed by atoms with Crippen molar-refractivity contribution >= 4 is 0 Å². The third-order valence-corrected chi connectivity index (χ3v) is 3.47. The summed E-state index contributed by atoms with van der Waals surface area (Å²) in [6, 6.07) is 0. The van der Waals surface area contributed by atoms with E-state index in [0.29, 0.717) is 5.41 Å². The van der Waals surface area contributed by atoms with Crippen molar-refractivity contribution in [3.8, 4) is 0 Å². The highest BCUT2D eigenvalue weighted by Crippen LogP contribution is 2.29. The van der Waals surface area contributed by atoms with E-state index in [9.17, 15) is 0 Å². The Bertz CT molecular complexity index is 314. The number of rotatable bonds is 9. The molecule has 1 aromatic rings. The topological polar surface area (TPSA) is 27.1 Å². The summed E-state index contributed by atoms with van der Waals surface area (Å²) in [7, 11) is 1.80. The lowest BCUT2D eigenvalue weighted by molar-refractivity contribution is 0.157. The van der Waals surface area contributed by atoms with Gasteiger partial charge in [0.1, 0.15) is 0 Å². The first kappa shape index (κ1) is 16.2. The molecule has 1 heterocycles. The Balaban J connectivity index is 2.23. The predicted molar refractivity (Wildman–Crippen MR) is 80.1 cm³/mol. The molecule has 0 saturated heterocycles. The van der Waals surface area contributed by atoms with Crippen LogP contribution in [0.25, 0.3) is 0 Å². The Morgan fingerprint density at radius 3 is 2.58 bits per heavy atom. The standard InChI is InChI=1S/C16H30N2O/c1-16(2,3)13-15(8-12-19-4)7-5-6-10-18-11-9-17-14-18/h9,11,14-15H,5-8,10,12-13H2,1-4H3/t15-/m0/s1. The van der Waals surface area contributed by atoms with Crippen LogP contribution in [-0.2, 0) is 11.3 Å². The molecule has 0 aliphatic rings. The van der Waals surface area contributed by atoms with Crippen molar-refractivity contribution in [2.24, 2.45) is 11.3 Å². The van der Waals surface area contributed by atoms with Gasteiger partial charge in [-0.15, -0.1) is 0 Å². The molecule has 0 radical (unpaired) electrons. The van der Waals surface area contributed by atoms with E-state index < -0.39 is 0 Å². The lowest BCUT2D eigenvalue weighted by atomic mass is 9.81. The van der Waals surface area contributed by atoms with Gasteiger partial charge >= 0.3 is 0 Å². The first-order valence-electron chi connectivity index (χ1n) is 7.46. The molecule has 3 nitrogen and oxygen atoms in total. The summed E-state index contributed by atoms with van der Waals surface area (Å²) in [5.41, 5.74) is 0.419. The Hall–Kier alpha value is -0.830. The van der Waals surface area contributed by atoms with Crippen LogP contribution in [0.5, 0.6) is 0 Å². The summed E-state index contributed by atoms with van der Waals surface area (Å²) >= 11 is 0. The minimum Gasteiger partial charge on any atom is -0.385 e. The number of unbranched alkanes of at least 4 members (excludes halogenated alkanes) is 1. The molecule has 0 saturated carbocycles. The zero-order valence-electron chi connectivity index (χ0n) is 13.1. The van der Waals surface area contributed by atoms with Gasteiger partial charge in [-0.05, 0) is 30.6 Å². The SMILES string of the molecule is COCC[C@H](CCCCn1ccnc1)CC(C)(C)C. The quantitative estimate of drug-likeness (QED) is 0.628. The highest BCUT2D eigenvalue weighted by atomic mass is 16.5. The zero-order chi connectivity index (χ0) is 14.1. The number of hydrogen-bond acceptors (Lipinski definition) is 2. The van der Waals surface area contributed by atoms with Gasteiger partial charge in [0.15, 0.2) is 0 Å². The van der Waals surface area contributed by atoms with Gasteiger partial charge in [-0.2, -0.15) is 0 Å². The molecule has 1 aromatic heterocycles. The number of methoxy groups -OCH3 is 1. The summed E-state index contributed by atoms with van der Waals surface area (Å²) in [6.45, 7) is 8.98. The smallest absolute Gasteiger partial charge is 0.0945 e. The minimum atomic E-state index is 0.419. The van der Waals surface area contributed by atoms with Crippen LogP contribution in [0.4, 0.5) is 0 Å². The molecule has 0 N–H and O–H groups in total. The van der Waals surface area contributed by atoms with E-state index in [1.165, 1.54) is 32.1 Å². The summed E-state index contributed by atoms with van der Waals surface area (Å²) in [5.74, 6) is 0.794. The summed E-state index contributed by atoms with van der Waals surface area (Å²) < 4.78 is 7.40. The van der Waals surface area contributed by atoms with Crippen LogP contribution in [-0.4, -0.2) is 23.3 Å². The maximum atomic E-state index is 5.24. The van der Waals surface area contributed by atoms with Crippen molar-refractivity contribution < 1.29 is 4.74 Å². The molecular formula is C16H30N2O. The van der Waals surface area contributed by atoms with E-state index in [2.05, 4.69) is 30.3 Å². The highest BCUT2D eigenvalue weighted by Gasteiger charge is 2.18. The molecule has 110 valence electrons. The maximum Gasteiger partial charge on any atom is 0.0945 e. The molecule has 0 spiro atoms. The second-order valence-corrected chi connectivity index (χ2v) is 6.71. The second kappa shape index (κ2) is 8.36. The molecular weight excluding hydrogens is 236 g/mol. The molecule has 0 amide bonds. The van der Waals surface area contributed by atoms with Gasteiger partial charge in [-0.1, -0.05) is 33.6 Å². The third kappa shape index (κ3) is 8.04. The number of aryl methyl sites for hydroxylation is 1. The maximum absolute atomic E-state index is 5.24. The molecule has 1 rings (SSSR count). The van der Waals surface area contributed by atoms with Crippen molar-refractivity contribution in [2.75, 3.05) is 13.7 Å². The first-order chi connectivity index (χ1) is 9.01. The monoisotopic (exact) mass is 266 g/mol. The van der Waals surface area contributed by atoms with Crippen LogP contribution in [0, 0.1) is 11.3 Å². The fourth-order valence-corrected chi connectivity index (χ4v) is 2.65. The molecule has 19 heavy (non-hydrogen) atoms. The summed E-state index contributed by atoms with van der Waals surface area (Å²) in [5, 5.41) is 0. The van der Waals surface area contributed by atoms with Crippen molar-refractivity contribution in [1.29, 1.82) is 0 Å². The average molecular weight is 266 g/mol. The van der Waals surface area contributed by atoms with E-state index >= 15 is 0 Å². The fraction of sp³-hybridized carbons (Fsp3) is 0.812. The van der Waals surface area contributed by atoms with Crippen molar-refractivity contribution in [1.82, 2.24) is 9.55 Å². The molecule has 0 bridgehead atoms. The molecule has 3 heteroatoms. The number of nitrogens with zero attached hydrogens (tertiary/aromatic N) is 2. The van der Waals surface area contributed by atoms with E-state index in [1.807, 2.05) is 18.7 Å². The van der Waals surface area contributed by atoms with Crippen LogP contribution >= 0.6 is 0 Å². The second-order valence-electron chi connectivity index (χ2n) is 6.71. The lowest BCUT2D eigenvalue weighted by Crippen LogP contribution is -2.15. The Kier molecular flexibility index (Phi) is 7.14. The van der Waals surface area contributed by atoms with Crippen LogP contribution < -0.4 is 0 Å². The zero-order valence-corrected chi connectivity index (χ0v) is 13.1. The fourth-order valence-electron chi connectivity index (χ4n) is 2.65. The van der Waals surface area contributed by atoms with E-state index in [0.717, 1.165) is 19.1 Å². The van der Waals surface area contributed by atoms with Gasteiger partial charge in [0, 0.05) is 32.7 Å². The molecule has 0 aromatic carbocycles. The van der Waals surface area contributed by atoms with E-state index in [-0.39, 0.29) is 0 Å². The molecule has 0 unspecified atom stereocenters. The number of ether oxygens (including phenoxy) is 1. The summed E-state index contributed by atoms with van der Waals surface area (Å²) in [6.07, 6.45) is 12.1. The van der Waals surface area contributed by atoms with Crippen molar-refractivity contribution in [2.45, 2.75) is 59.4 Å². The predicted octanol–water partition coefficient (Wildman–Crippen LogP) is 4.14. The van der Waals surface area contributed by atoms with Crippen LogP contribution in [0.1, 0.15) is 52.9 Å². The van der Waals surface area contributed by atoms with Gasteiger partial charge in [-0.25, -0.2) is 4.98 Å². The average Bonchev–Trinajstić information content (AvgIpc) is 2.82. The Morgan fingerprint density at radius 1 is 1.21 bits per heavy atom. The van der Waals surface area contributed by atoms with Gasteiger partial charge in [0.05, 0.1) is 6.33 Å². The first-order valence-corrected chi connectivity index (χ1v) is 7.46. The number of hydrogen-bond donors (Lipinski definition) is 0. The molecule has 1 atom stereocenters. The largest absolute Gasteiger partial charge is 0.385 e. The lowest BCUT2D eigenvalue weighted by Gasteiger charge is -2.26. The third-order valence-electron chi connectivity index (χ3n) is 3.47. The molecule has 0 fully saturated rings. The molecule has 0 aliphatic carbocycles. The van der Waals surface area contributed by atoms with Gasteiger partial charge in [0.25, 0.3) is 0 Å². The van der Waals surface area contributed by atoms with Gasteiger partial charge in [0.2, 0.25) is 0 Å².